The molecule has 0 unspecified atom stereocenters. The Kier molecular flexibility index (Phi) is 8.31. The van der Waals surface area contributed by atoms with E-state index in [1.807, 2.05) is 51.2 Å². The fourth-order valence-corrected chi connectivity index (χ4v) is 7.60. The van der Waals surface area contributed by atoms with E-state index in [-0.39, 0.29) is 34.9 Å². The maximum atomic E-state index is 13.8. The second kappa shape index (κ2) is 11.4. The molecule has 1 amide bonds. The van der Waals surface area contributed by atoms with Crippen LogP contribution in [0.25, 0.3) is 0 Å². The van der Waals surface area contributed by atoms with E-state index >= 15 is 0 Å². The third kappa shape index (κ3) is 6.12. The summed E-state index contributed by atoms with van der Waals surface area (Å²) in [5, 5.41) is 2.92. The van der Waals surface area contributed by atoms with Crippen molar-refractivity contribution < 1.29 is 23.9 Å². The van der Waals surface area contributed by atoms with E-state index in [9.17, 15) is 14.4 Å². The smallest absolute Gasteiger partial charge is 0.262 e. The van der Waals surface area contributed by atoms with Gasteiger partial charge in [-0.15, -0.1) is 0 Å². The number of aryl methyl sites for hydroxylation is 2. The second-order valence-corrected chi connectivity index (χ2v) is 14.9. The molecule has 1 heterocycles. The summed E-state index contributed by atoms with van der Waals surface area (Å²) in [6, 6.07) is 9.68. The number of benzene rings is 2. The molecule has 1 N–H and O–H groups in total. The van der Waals surface area contributed by atoms with Crippen LogP contribution in [-0.4, -0.2) is 43.1 Å². The molecule has 0 aromatic heterocycles. The Morgan fingerprint density at radius 2 is 1.53 bits per heavy atom. The third-order valence-electron chi connectivity index (χ3n) is 8.77. The number of methoxy groups -OCH3 is 1. The monoisotopic (exact) mass is 696 g/mol. The molecule has 0 fully saturated rings. The minimum absolute atomic E-state index is 0.0876. The van der Waals surface area contributed by atoms with Gasteiger partial charge in [0.1, 0.15) is 0 Å². The molecule has 0 atom stereocenters. The van der Waals surface area contributed by atoms with Crippen LogP contribution in [-0.2, 0) is 14.4 Å². The van der Waals surface area contributed by atoms with Gasteiger partial charge in [-0.25, -0.2) is 0 Å². The van der Waals surface area contributed by atoms with E-state index in [1.54, 1.807) is 7.11 Å². The predicted octanol–water partition coefficient (Wildman–Crippen LogP) is 7.25. The van der Waals surface area contributed by atoms with Gasteiger partial charge in [-0.1, -0.05) is 45.4 Å². The summed E-state index contributed by atoms with van der Waals surface area (Å²) in [6.07, 6.45) is 2.39. The standard InChI is InChI=1S/C35H41IN2O5/c1-19-9-10-23(20(2)11-19)37-29(41)18-43-33-22(36)12-21(13-28(33)42-8)30-31-24(14-34(3,4)16-26(31)39)38(7)25-15-35(5,6)17-27(40)32(25)30/h9-13,30H,14-18H2,1-8H3,(H,37,41). The molecular formula is C35H41IN2O5. The van der Waals surface area contributed by atoms with Crippen molar-refractivity contribution in [1.29, 1.82) is 0 Å². The van der Waals surface area contributed by atoms with Crippen molar-refractivity contribution in [2.45, 2.75) is 73.1 Å². The lowest BCUT2D eigenvalue weighted by atomic mass is 9.64. The normalized spacial score (nSPS) is 19.7. The lowest BCUT2D eigenvalue weighted by Gasteiger charge is -2.48. The minimum atomic E-state index is -0.474. The Morgan fingerprint density at radius 3 is 2.07 bits per heavy atom. The zero-order valence-corrected chi connectivity index (χ0v) is 28.5. The third-order valence-corrected chi connectivity index (χ3v) is 9.57. The van der Waals surface area contributed by atoms with E-state index in [2.05, 4.69) is 60.5 Å². The van der Waals surface area contributed by atoms with Crippen molar-refractivity contribution in [3.63, 3.8) is 0 Å². The average molecular weight is 697 g/mol. The fraction of sp³-hybridized carbons (Fsp3) is 0.457. The molecule has 2 aromatic carbocycles. The quantitative estimate of drug-likeness (QED) is 0.321. The van der Waals surface area contributed by atoms with Gasteiger partial charge in [0.15, 0.2) is 29.7 Å². The number of amides is 1. The van der Waals surface area contributed by atoms with Crippen LogP contribution in [0.5, 0.6) is 11.5 Å². The van der Waals surface area contributed by atoms with Gasteiger partial charge in [0.25, 0.3) is 5.91 Å². The molecule has 0 spiro atoms. The highest BCUT2D eigenvalue weighted by atomic mass is 127. The molecule has 5 rings (SSSR count). The number of halogens is 1. The van der Waals surface area contributed by atoms with E-state index in [0.717, 1.165) is 50.2 Å². The first-order valence-corrected chi connectivity index (χ1v) is 15.8. The van der Waals surface area contributed by atoms with Gasteiger partial charge in [-0.2, -0.15) is 0 Å². The number of hydrogen-bond donors (Lipinski definition) is 1. The summed E-state index contributed by atoms with van der Waals surface area (Å²) in [5.41, 5.74) is 6.78. The summed E-state index contributed by atoms with van der Waals surface area (Å²) in [7, 11) is 3.57. The van der Waals surface area contributed by atoms with Crippen LogP contribution in [0.3, 0.4) is 0 Å². The van der Waals surface area contributed by atoms with Crippen molar-refractivity contribution >= 4 is 45.8 Å². The van der Waals surface area contributed by atoms with E-state index in [0.29, 0.717) is 35.5 Å². The molecule has 3 aliphatic rings. The van der Waals surface area contributed by atoms with Crippen LogP contribution < -0.4 is 14.8 Å². The van der Waals surface area contributed by atoms with Crippen LogP contribution in [0.1, 0.15) is 76.0 Å². The topological polar surface area (TPSA) is 84.9 Å². The molecule has 7 nitrogen and oxygen atoms in total. The SMILES string of the molecule is COc1cc(C2C3=C(CC(C)(C)CC3=O)N(C)C3=C2C(=O)CC(C)(C)C3)cc(I)c1OCC(=O)Nc1ccc(C)cc1C. The first kappa shape index (κ1) is 31.3. The highest BCUT2D eigenvalue weighted by molar-refractivity contribution is 14.1. The van der Waals surface area contributed by atoms with E-state index in [4.69, 9.17) is 9.47 Å². The van der Waals surface area contributed by atoms with Crippen molar-refractivity contribution in [2.24, 2.45) is 10.8 Å². The molecular weight excluding hydrogens is 655 g/mol. The van der Waals surface area contributed by atoms with Crippen molar-refractivity contribution in [3.8, 4) is 11.5 Å². The summed E-state index contributed by atoms with van der Waals surface area (Å²) >= 11 is 2.18. The molecule has 0 saturated heterocycles. The van der Waals surface area contributed by atoms with E-state index < -0.39 is 5.92 Å². The van der Waals surface area contributed by atoms with Crippen molar-refractivity contribution in [2.75, 3.05) is 26.1 Å². The van der Waals surface area contributed by atoms with Gasteiger partial charge < -0.3 is 19.7 Å². The number of nitrogens with one attached hydrogen (secondary N) is 1. The van der Waals surface area contributed by atoms with Crippen LogP contribution in [0.4, 0.5) is 5.69 Å². The highest BCUT2D eigenvalue weighted by Crippen LogP contribution is 2.54. The number of Topliss-reactive ketones (excluding diaryl/α,β-unsaturated/α-hetero) is 2. The number of ether oxygens (including phenoxy) is 2. The number of nitrogens with zero attached hydrogens (tertiary/aromatic N) is 1. The summed E-state index contributed by atoms with van der Waals surface area (Å²) in [5.74, 6) is 0.328. The molecule has 0 saturated carbocycles. The molecule has 0 bridgehead atoms. The Hall–Kier alpha value is -3.14. The maximum absolute atomic E-state index is 13.8. The van der Waals surface area contributed by atoms with Gasteiger partial charge in [0.05, 0.1) is 10.7 Å². The average Bonchev–Trinajstić information content (AvgIpc) is 2.89. The van der Waals surface area contributed by atoms with Crippen LogP contribution in [0.15, 0.2) is 52.9 Å². The number of ketones is 2. The zero-order chi connectivity index (χ0) is 31.4. The van der Waals surface area contributed by atoms with Crippen molar-refractivity contribution in [1.82, 2.24) is 4.90 Å². The molecule has 43 heavy (non-hydrogen) atoms. The Labute approximate surface area is 268 Å². The molecule has 2 aliphatic carbocycles. The first-order valence-electron chi connectivity index (χ1n) is 14.7. The Morgan fingerprint density at radius 1 is 0.953 bits per heavy atom. The molecule has 8 heteroatoms. The lowest BCUT2D eigenvalue weighted by Crippen LogP contribution is -2.43. The summed E-state index contributed by atoms with van der Waals surface area (Å²) < 4.78 is 12.5. The van der Waals surface area contributed by atoms with Crippen LogP contribution in [0, 0.1) is 28.2 Å². The molecule has 2 aromatic rings. The fourth-order valence-electron chi connectivity index (χ4n) is 6.82. The van der Waals surface area contributed by atoms with Gasteiger partial charge >= 0.3 is 0 Å². The van der Waals surface area contributed by atoms with Gasteiger partial charge in [0.2, 0.25) is 0 Å². The molecule has 228 valence electrons. The van der Waals surface area contributed by atoms with Crippen LogP contribution >= 0.6 is 22.6 Å². The molecule has 1 aliphatic heterocycles. The highest BCUT2D eigenvalue weighted by Gasteiger charge is 2.48. The number of carbonyl (C=O) groups excluding carboxylic acids is 3. The summed E-state index contributed by atoms with van der Waals surface area (Å²) in [4.78, 5) is 42.6. The molecule has 0 radical (unpaired) electrons. The maximum Gasteiger partial charge on any atom is 0.262 e. The zero-order valence-electron chi connectivity index (χ0n) is 26.4. The number of rotatable bonds is 6. The number of anilines is 1. The van der Waals surface area contributed by atoms with Gasteiger partial charge in [-0.05, 0) is 89.4 Å². The minimum Gasteiger partial charge on any atom is -0.493 e. The Balaban J connectivity index is 1.52. The number of allylic oxidation sites excluding steroid dienone is 4. The van der Waals surface area contributed by atoms with E-state index in [1.165, 1.54) is 0 Å². The second-order valence-electron chi connectivity index (χ2n) is 13.8. The summed E-state index contributed by atoms with van der Waals surface area (Å²) in [6.45, 7) is 12.3. The number of hydrogen-bond acceptors (Lipinski definition) is 6. The van der Waals surface area contributed by atoms with Gasteiger partial charge in [0, 0.05) is 54.0 Å². The Bertz CT molecular complexity index is 1550. The van der Waals surface area contributed by atoms with Crippen molar-refractivity contribution in [3.05, 3.63) is 73.1 Å². The lowest BCUT2D eigenvalue weighted by molar-refractivity contribution is -0.120. The first-order chi connectivity index (χ1) is 20.1. The van der Waals surface area contributed by atoms with Gasteiger partial charge in [-0.3, -0.25) is 14.4 Å². The number of carbonyl (C=O) groups is 3. The largest absolute Gasteiger partial charge is 0.493 e. The predicted molar refractivity (Wildman–Crippen MR) is 176 cm³/mol. The van der Waals surface area contributed by atoms with Crippen LogP contribution in [0.2, 0.25) is 0 Å².